The number of nitrogens with two attached hydrogens (primary N) is 1. The first-order valence-corrected chi connectivity index (χ1v) is 14.1. The number of amides is 2. The molecule has 3 rings (SSSR count). The number of benzene rings is 1. The summed E-state index contributed by atoms with van der Waals surface area (Å²) in [5.41, 5.74) is 6.05. The molecule has 0 bridgehead atoms. The molecule has 0 spiro atoms. The Kier molecular flexibility index (Phi) is 9.36. The predicted octanol–water partition coefficient (Wildman–Crippen LogP) is 0.260. The van der Waals surface area contributed by atoms with Crippen LogP contribution in [0.2, 0.25) is 0 Å². The average molecular weight is 548 g/mol. The van der Waals surface area contributed by atoms with Crippen LogP contribution in [0, 0.1) is 5.41 Å². The Balaban J connectivity index is 1.72. The van der Waals surface area contributed by atoms with Crippen molar-refractivity contribution >= 4 is 44.9 Å². The fraction of sp³-hybridized carbons (Fsp3) is 0.348. The molecule has 0 saturated carbocycles. The molecular weight excluding hydrogens is 518 g/mol. The molecule has 2 amide bonds. The number of sulfonamides is 1. The Hall–Kier alpha value is -3.78. The topological polar surface area (TPSA) is 179 Å². The molecule has 0 aliphatic carbocycles. The normalized spacial score (nSPS) is 16.4. The van der Waals surface area contributed by atoms with Crippen LogP contribution in [0.25, 0.3) is 0 Å². The Bertz CT molecular complexity index is 1250. The fourth-order valence-electron chi connectivity index (χ4n) is 3.80. The van der Waals surface area contributed by atoms with Crippen molar-refractivity contribution in [1.82, 2.24) is 24.8 Å². The third-order valence-electron chi connectivity index (χ3n) is 5.52. The van der Waals surface area contributed by atoms with Crippen molar-refractivity contribution in [2.75, 3.05) is 19.3 Å². The third kappa shape index (κ3) is 7.85. The summed E-state index contributed by atoms with van der Waals surface area (Å²) in [5.74, 6) is -1.70. The Morgan fingerprint density at radius 2 is 1.97 bits per heavy atom. The highest BCUT2D eigenvalue weighted by molar-refractivity contribution is 7.88. The monoisotopic (exact) mass is 547 g/mol. The quantitative estimate of drug-likeness (QED) is 0.126. The van der Waals surface area contributed by atoms with E-state index in [1.165, 1.54) is 18.6 Å². The van der Waals surface area contributed by atoms with Crippen LogP contribution in [-0.4, -0.2) is 77.6 Å². The van der Waals surface area contributed by atoms with Gasteiger partial charge in [-0.15, -0.1) is 11.3 Å². The van der Waals surface area contributed by atoms with Crippen LogP contribution in [0.3, 0.4) is 0 Å². The zero-order chi connectivity index (χ0) is 27.0. The molecule has 5 N–H and O–H groups in total. The summed E-state index contributed by atoms with van der Waals surface area (Å²) in [6, 6.07) is 7.03. The first kappa shape index (κ1) is 27.8. The molecule has 2 aromatic rings. The molecule has 0 fully saturated rings. The minimum absolute atomic E-state index is 0.128. The molecule has 1 aromatic carbocycles. The molecule has 1 aliphatic rings. The van der Waals surface area contributed by atoms with Crippen LogP contribution in [0.1, 0.15) is 28.2 Å². The first-order chi connectivity index (χ1) is 17.6. The third-order valence-corrected chi connectivity index (χ3v) is 7.45. The number of nitrogens with zero attached hydrogens (tertiary/aromatic N) is 3. The lowest BCUT2D eigenvalue weighted by atomic mass is 10.0. The number of thiazole rings is 1. The van der Waals surface area contributed by atoms with Crippen molar-refractivity contribution in [1.29, 1.82) is 5.41 Å². The van der Waals surface area contributed by atoms with Gasteiger partial charge in [0.15, 0.2) is 11.0 Å². The van der Waals surface area contributed by atoms with Gasteiger partial charge in [-0.1, -0.05) is 30.3 Å². The Morgan fingerprint density at radius 1 is 1.24 bits per heavy atom. The van der Waals surface area contributed by atoms with Crippen molar-refractivity contribution in [3.63, 3.8) is 0 Å². The number of hydrogen-bond donors (Lipinski definition) is 4. The van der Waals surface area contributed by atoms with E-state index >= 15 is 0 Å². The number of carbonyl (C=O) groups excluding carboxylic acids is 3. The number of hydrogen-bond acceptors (Lipinski definition) is 8. The van der Waals surface area contributed by atoms with Gasteiger partial charge in [0, 0.05) is 36.9 Å². The molecule has 0 saturated heterocycles. The zero-order valence-electron chi connectivity index (χ0n) is 20.2. The van der Waals surface area contributed by atoms with E-state index in [0.717, 1.165) is 32.4 Å². The molecule has 1 aromatic heterocycles. The number of ketones is 1. The molecule has 12 nitrogen and oxygen atoms in total. The van der Waals surface area contributed by atoms with E-state index in [2.05, 4.69) is 15.6 Å². The second kappa shape index (κ2) is 12.5. The number of Topliss-reactive ketones (excluding diaryl/α,β-unsaturated/α-hetero) is 1. The van der Waals surface area contributed by atoms with Gasteiger partial charge in [-0.3, -0.25) is 24.1 Å². The van der Waals surface area contributed by atoms with E-state index in [1.54, 1.807) is 29.6 Å². The lowest BCUT2D eigenvalue weighted by Crippen LogP contribution is -2.54. The van der Waals surface area contributed by atoms with Crippen LogP contribution < -0.4 is 16.4 Å². The van der Waals surface area contributed by atoms with E-state index < -0.39 is 40.5 Å². The van der Waals surface area contributed by atoms with Crippen molar-refractivity contribution in [2.24, 2.45) is 5.73 Å². The maximum Gasteiger partial charge on any atom is 0.251 e. The van der Waals surface area contributed by atoms with Gasteiger partial charge in [0.2, 0.25) is 21.7 Å². The van der Waals surface area contributed by atoms with Gasteiger partial charge < -0.3 is 21.3 Å². The highest BCUT2D eigenvalue weighted by Gasteiger charge is 2.37. The summed E-state index contributed by atoms with van der Waals surface area (Å²) in [6.07, 6.45) is 5.84. The predicted molar refractivity (Wildman–Crippen MR) is 139 cm³/mol. The van der Waals surface area contributed by atoms with Gasteiger partial charge in [0.05, 0.1) is 12.3 Å². The zero-order valence-corrected chi connectivity index (χ0v) is 21.8. The van der Waals surface area contributed by atoms with Gasteiger partial charge in [-0.2, -0.15) is 0 Å². The Morgan fingerprint density at radius 3 is 2.59 bits per heavy atom. The molecule has 2 heterocycles. The fourth-order valence-corrected chi connectivity index (χ4v) is 5.33. The van der Waals surface area contributed by atoms with E-state index in [0.29, 0.717) is 13.0 Å². The highest BCUT2D eigenvalue weighted by atomic mass is 32.2. The maximum absolute atomic E-state index is 13.3. The van der Waals surface area contributed by atoms with Gasteiger partial charge in [0.1, 0.15) is 12.6 Å². The van der Waals surface area contributed by atoms with E-state index in [4.69, 9.17) is 11.1 Å². The maximum atomic E-state index is 13.3. The van der Waals surface area contributed by atoms with Crippen LogP contribution in [0.15, 0.2) is 54.3 Å². The number of aromatic nitrogens is 1. The summed E-state index contributed by atoms with van der Waals surface area (Å²) in [5, 5.41) is 14.4. The van der Waals surface area contributed by atoms with Crippen molar-refractivity contribution < 1.29 is 22.8 Å². The van der Waals surface area contributed by atoms with Gasteiger partial charge in [0.25, 0.3) is 5.91 Å². The lowest BCUT2D eigenvalue weighted by Gasteiger charge is -2.35. The minimum Gasteiger partial charge on any atom is -0.370 e. The molecule has 14 heteroatoms. The Labute approximate surface area is 219 Å². The molecular formula is C23H29N7O5S2. The van der Waals surface area contributed by atoms with E-state index in [1.807, 2.05) is 6.07 Å². The standard InChI is InChI=1S/C23H29N7O5S2/c1-37(34,35)30-12-11-29(22(33)18(30)14-16-6-3-2-4-7-16)15-19(31)28-17(8-5-9-27-23(24)25)20(32)21-26-10-13-36-21/h2-4,6-7,10-13,17-18H,5,8-9,14-15H2,1H3,(H,28,31)(H4,24,25,27)/t17-,18-/m0/s1. The molecule has 37 heavy (non-hydrogen) atoms. The van der Waals surface area contributed by atoms with Crippen LogP contribution >= 0.6 is 11.3 Å². The number of carbonyl (C=O) groups is 3. The average Bonchev–Trinajstić information content (AvgIpc) is 3.38. The summed E-state index contributed by atoms with van der Waals surface area (Å²) in [4.78, 5) is 44.3. The SMILES string of the molecule is CS(=O)(=O)N1C=CN(CC(=O)N[C@@H](CCCNC(=N)N)C(=O)c2nccs2)C(=O)[C@@H]1Cc1ccccc1. The molecule has 1 aliphatic heterocycles. The van der Waals surface area contributed by atoms with Crippen LogP contribution in [0.4, 0.5) is 0 Å². The minimum atomic E-state index is -3.74. The summed E-state index contributed by atoms with van der Waals surface area (Å²) in [7, 11) is -3.74. The largest absolute Gasteiger partial charge is 0.370 e. The number of nitrogens with one attached hydrogen (secondary N) is 3. The van der Waals surface area contributed by atoms with Gasteiger partial charge >= 0.3 is 0 Å². The summed E-state index contributed by atoms with van der Waals surface area (Å²) >= 11 is 1.15. The summed E-state index contributed by atoms with van der Waals surface area (Å²) in [6.45, 7) is -0.0612. The van der Waals surface area contributed by atoms with Crippen molar-refractivity contribution in [3.05, 3.63) is 64.9 Å². The second-order valence-electron chi connectivity index (χ2n) is 8.37. The first-order valence-electron chi connectivity index (χ1n) is 11.4. The second-order valence-corrected chi connectivity index (χ2v) is 11.1. The van der Waals surface area contributed by atoms with Crippen LogP contribution in [0.5, 0.6) is 0 Å². The van der Waals surface area contributed by atoms with Gasteiger partial charge in [-0.25, -0.2) is 13.4 Å². The number of rotatable bonds is 12. The van der Waals surface area contributed by atoms with E-state index in [-0.39, 0.29) is 29.6 Å². The van der Waals surface area contributed by atoms with Crippen LogP contribution in [-0.2, 0) is 26.0 Å². The smallest absolute Gasteiger partial charge is 0.251 e. The highest BCUT2D eigenvalue weighted by Crippen LogP contribution is 2.20. The van der Waals surface area contributed by atoms with Crippen molar-refractivity contribution in [2.45, 2.75) is 31.3 Å². The lowest BCUT2D eigenvalue weighted by molar-refractivity contribution is -0.137. The van der Waals surface area contributed by atoms with Gasteiger partial charge in [-0.05, 0) is 18.4 Å². The van der Waals surface area contributed by atoms with Crippen molar-refractivity contribution in [3.8, 4) is 0 Å². The molecule has 198 valence electrons. The van der Waals surface area contributed by atoms with E-state index in [9.17, 15) is 22.8 Å². The summed E-state index contributed by atoms with van der Waals surface area (Å²) < 4.78 is 25.6. The molecule has 0 unspecified atom stereocenters. The number of guanidine groups is 1. The molecule has 2 atom stereocenters. The molecule has 0 radical (unpaired) electrons.